The van der Waals surface area contributed by atoms with Gasteiger partial charge in [0.15, 0.2) is 10.3 Å². The Morgan fingerprint density at radius 3 is 2.10 bits per heavy atom. The van der Waals surface area contributed by atoms with E-state index >= 15 is 0 Å². The average Bonchev–Trinajstić information content (AvgIpc) is 3.79. The van der Waals surface area contributed by atoms with Crippen LogP contribution < -0.4 is 0 Å². The molecule has 41 heavy (non-hydrogen) atoms. The third kappa shape index (κ3) is 5.15. The maximum absolute atomic E-state index is 9.29. The smallest absolute Gasteiger partial charge is 0.168 e. The molecule has 0 saturated heterocycles. The number of aliphatic hydroxyl groups is 1. The second kappa shape index (κ2) is 11.8. The number of aliphatic imine (C=N–C) groups is 2. The highest BCUT2D eigenvalue weighted by molar-refractivity contribution is 8.18. The lowest BCUT2D eigenvalue weighted by molar-refractivity contribution is 0.301. The molecule has 0 saturated carbocycles. The van der Waals surface area contributed by atoms with E-state index in [1.807, 2.05) is 46.6 Å². The number of rotatable bonds is 6. The number of aliphatic hydroxyl groups excluding tert-OH is 1. The van der Waals surface area contributed by atoms with Crippen LogP contribution in [0.1, 0.15) is 35.9 Å². The summed E-state index contributed by atoms with van der Waals surface area (Å²) < 4.78 is 2.57. The standard InChI is InChI=1S/C16H15ClN2S2.C15H14N2OS2/c1-2-4-13-15(19-8-7-18-16(19)21-13)14-9-10-11(17)5-3-6-12(10)20-14;18-8-5-12-14(17-7-6-16-15(17)20-12)13-9-10-3-1-2-4-11(10)19-13/h3,5-6,9H,2,4,7-8H2,1H3;1-4,9,18H,5-8H2. The van der Waals surface area contributed by atoms with Gasteiger partial charge < -0.3 is 14.9 Å². The van der Waals surface area contributed by atoms with Gasteiger partial charge in [-0.1, -0.05) is 72.7 Å². The van der Waals surface area contributed by atoms with Gasteiger partial charge in [0, 0.05) is 55.7 Å². The zero-order valence-corrected chi connectivity index (χ0v) is 26.6. The van der Waals surface area contributed by atoms with E-state index in [1.54, 1.807) is 11.8 Å². The lowest BCUT2D eigenvalue weighted by Crippen LogP contribution is -2.19. The molecule has 2 aromatic carbocycles. The Bertz CT molecular complexity index is 1730. The molecule has 4 aromatic rings. The zero-order valence-electron chi connectivity index (χ0n) is 22.6. The Morgan fingerprint density at radius 1 is 0.805 bits per heavy atom. The first kappa shape index (κ1) is 27.6. The molecule has 8 rings (SSSR count). The summed E-state index contributed by atoms with van der Waals surface area (Å²) in [5.74, 6) is 0. The summed E-state index contributed by atoms with van der Waals surface area (Å²) in [6.07, 6.45) is 3.00. The van der Waals surface area contributed by atoms with Crippen LogP contribution in [-0.2, 0) is 0 Å². The number of benzene rings is 2. The van der Waals surface area contributed by atoms with Crippen LogP contribution in [-0.4, -0.2) is 58.0 Å². The van der Waals surface area contributed by atoms with Crippen molar-refractivity contribution in [3.63, 3.8) is 0 Å². The van der Waals surface area contributed by atoms with Crippen molar-refractivity contribution in [3.8, 4) is 0 Å². The van der Waals surface area contributed by atoms with Gasteiger partial charge in [-0.2, -0.15) is 0 Å². The van der Waals surface area contributed by atoms with E-state index in [-0.39, 0.29) is 6.61 Å². The minimum absolute atomic E-state index is 0.192. The van der Waals surface area contributed by atoms with E-state index in [0.29, 0.717) is 6.42 Å². The van der Waals surface area contributed by atoms with Crippen molar-refractivity contribution < 1.29 is 5.11 Å². The SMILES string of the molecule is CCCC1=C(c2cc3c(Cl)cccc3s2)N2CCN=C2S1.OCCC1=C(c2cc3ccccc3s2)N2CCN=C2S1. The van der Waals surface area contributed by atoms with Crippen LogP contribution in [0.2, 0.25) is 5.02 Å². The number of thiophene rings is 2. The van der Waals surface area contributed by atoms with Crippen molar-refractivity contribution in [2.24, 2.45) is 9.98 Å². The van der Waals surface area contributed by atoms with E-state index in [9.17, 15) is 5.11 Å². The highest BCUT2D eigenvalue weighted by Crippen LogP contribution is 2.47. The quantitative estimate of drug-likeness (QED) is 0.229. The fourth-order valence-electron chi connectivity index (χ4n) is 5.51. The average molecular weight is 637 g/mol. The maximum atomic E-state index is 9.29. The highest BCUT2D eigenvalue weighted by atomic mass is 35.5. The Balaban J connectivity index is 0.000000135. The predicted octanol–water partition coefficient (Wildman–Crippen LogP) is 8.81. The number of fused-ring (bicyclic) bond motifs is 4. The van der Waals surface area contributed by atoms with Crippen molar-refractivity contribution >= 4 is 99.7 Å². The van der Waals surface area contributed by atoms with E-state index in [2.05, 4.69) is 69.2 Å². The first-order valence-corrected chi connectivity index (χ1v) is 17.5. The van der Waals surface area contributed by atoms with Crippen LogP contribution in [0, 0.1) is 0 Å². The number of nitrogens with zero attached hydrogens (tertiary/aromatic N) is 4. The summed E-state index contributed by atoms with van der Waals surface area (Å²) >= 11 is 13.6. The summed E-state index contributed by atoms with van der Waals surface area (Å²) in [5, 5.41) is 14.9. The summed E-state index contributed by atoms with van der Waals surface area (Å²) in [4.78, 5) is 19.2. The molecular formula is C31H29ClN4OS4. The number of hydrogen-bond donors (Lipinski definition) is 1. The van der Waals surface area contributed by atoms with Crippen molar-refractivity contribution in [3.05, 3.63) is 79.2 Å². The molecule has 1 N–H and O–H groups in total. The minimum Gasteiger partial charge on any atom is -0.396 e. The predicted molar refractivity (Wildman–Crippen MR) is 182 cm³/mol. The van der Waals surface area contributed by atoms with Gasteiger partial charge in [0.05, 0.1) is 34.2 Å². The lowest BCUT2D eigenvalue weighted by atomic mass is 10.2. The molecule has 0 fully saturated rings. The van der Waals surface area contributed by atoms with Crippen molar-refractivity contribution in [2.45, 2.75) is 26.2 Å². The van der Waals surface area contributed by atoms with Crippen LogP contribution in [0.4, 0.5) is 0 Å². The molecule has 4 aliphatic heterocycles. The van der Waals surface area contributed by atoms with Gasteiger partial charge in [-0.25, -0.2) is 0 Å². The second-order valence-corrected chi connectivity index (χ2v) is 14.7. The van der Waals surface area contributed by atoms with E-state index in [0.717, 1.165) is 48.2 Å². The van der Waals surface area contributed by atoms with Crippen LogP contribution >= 0.6 is 57.8 Å². The summed E-state index contributed by atoms with van der Waals surface area (Å²) in [6, 6.07) is 19.1. The third-order valence-electron chi connectivity index (χ3n) is 7.32. The van der Waals surface area contributed by atoms with Crippen LogP contribution in [0.25, 0.3) is 31.6 Å². The molecule has 5 nitrogen and oxygen atoms in total. The van der Waals surface area contributed by atoms with Gasteiger partial charge in [0.2, 0.25) is 0 Å². The Hall–Kier alpha value is -2.27. The molecule has 0 radical (unpaired) electrons. The monoisotopic (exact) mass is 636 g/mol. The van der Waals surface area contributed by atoms with Gasteiger partial charge in [0.1, 0.15) is 0 Å². The van der Waals surface area contributed by atoms with Crippen LogP contribution in [0.5, 0.6) is 0 Å². The van der Waals surface area contributed by atoms with Crippen LogP contribution in [0.3, 0.4) is 0 Å². The molecule has 6 heterocycles. The number of hydrogen-bond acceptors (Lipinski definition) is 9. The topological polar surface area (TPSA) is 51.4 Å². The number of amidine groups is 2. The second-order valence-electron chi connectivity index (χ2n) is 10.0. The molecule has 0 bridgehead atoms. The Morgan fingerprint density at radius 2 is 1.44 bits per heavy atom. The normalized spacial score (nSPS) is 17.9. The number of halogens is 1. The largest absolute Gasteiger partial charge is 0.396 e. The number of thioether (sulfide) groups is 2. The molecule has 0 amide bonds. The molecule has 4 aliphatic rings. The van der Waals surface area contributed by atoms with Crippen molar-refractivity contribution in [1.29, 1.82) is 0 Å². The summed E-state index contributed by atoms with van der Waals surface area (Å²) in [7, 11) is 0. The van der Waals surface area contributed by atoms with Crippen molar-refractivity contribution in [1.82, 2.24) is 9.80 Å². The number of allylic oxidation sites excluding steroid dienone is 1. The molecule has 0 atom stereocenters. The van der Waals surface area contributed by atoms with E-state index in [1.165, 1.54) is 57.3 Å². The summed E-state index contributed by atoms with van der Waals surface area (Å²) in [6.45, 7) is 6.18. The molecule has 0 aliphatic carbocycles. The molecule has 2 aromatic heterocycles. The third-order valence-corrected chi connectivity index (χ3v) is 12.2. The van der Waals surface area contributed by atoms with E-state index in [4.69, 9.17) is 11.6 Å². The van der Waals surface area contributed by atoms with E-state index < -0.39 is 0 Å². The molecule has 0 spiro atoms. The first-order valence-electron chi connectivity index (χ1n) is 13.9. The fourth-order valence-corrected chi connectivity index (χ4v) is 10.7. The molecule has 210 valence electrons. The maximum Gasteiger partial charge on any atom is 0.168 e. The van der Waals surface area contributed by atoms with Gasteiger partial charge >= 0.3 is 0 Å². The minimum atomic E-state index is 0.192. The lowest BCUT2D eigenvalue weighted by Gasteiger charge is -2.15. The van der Waals surface area contributed by atoms with Gasteiger partial charge in [-0.3, -0.25) is 9.98 Å². The van der Waals surface area contributed by atoms with Gasteiger partial charge in [0.25, 0.3) is 0 Å². The molecular weight excluding hydrogens is 608 g/mol. The highest BCUT2D eigenvalue weighted by Gasteiger charge is 2.34. The Labute approximate surface area is 261 Å². The van der Waals surface area contributed by atoms with Gasteiger partial charge in [-0.05, 0) is 42.1 Å². The van der Waals surface area contributed by atoms with Crippen molar-refractivity contribution in [2.75, 3.05) is 32.8 Å². The first-order chi connectivity index (χ1) is 20.1. The molecule has 10 heteroatoms. The van der Waals surface area contributed by atoms with Gasteiger partial charge in [-0.15, -0.1) is 22.7 Å². The molecule has 0 unspecified atom stereocenters. The summed E-state index contributed by atoms with van der Waals surface area (Å²) in [5.41, 5.74) is 2.64. The Kier molecular flexibility index (Phi) is 7.92. The fraction of sp³-hybridized carbons (Fsp3) is 0.290. The van der Waals surface area contributed by atoms with Crippen LogP contribution in [0.15, 0.2) is 74.4 Å². The zero-order chi connectivity index (χ0) is 27.9.